The first kappa shape index (κ1) is 7.88. The lowest BCUT2D eigenvalue weighted by molar-refractivity contribution is 0.223. The number of rotatable bonds is 2. The average molecular weight is 150 g/mol. The standard InChI is InChI=1S/C8H10N2O/c1-3-8(11)7-5-9-6(2)4-10-7/h3-5,8,11H,1H2,2H3. The van der Waals surface area contributed by atoms with Crippen LogP contribution < -0.4 is 0 Å². The molecule has 0 aliphatic heterocycles. The van der Waals surface area contributed by atoms with Crippen molar-refractivity contribution in [3.05, 3.63) is 36.4 Å². The normalized spacial score (nSPS) is 12.5. The van der Waals surface area contributed by atoms with E-state index in [1.165, 1.54) is 6.08 Å². The second-order valence-electron chi connectivity index (χ2n) is 2.26. The Kier molecular flexibility index (Phi) is 2.33. The van der Waals surface area contributed by atoms with Gasteiger partial charge in [0.15, 0.2) is 0 Å². The highest BCUT2D eigenvalue weighted by atomic mass is 16.3. The zero-order valence-electron chi connectivity index (χ0n) is 6.36. The molecule has 1 atom stereocenters. The van der Waals surface area contributed by atoms with Crippen LogP contribution in [0.1, 0.15) is 17.5 Å². The van der Waals surface area contributed by atoms with Gasteiger partial charge in [0.25, 0.3) is 0 Å². The number of aryl methyl sites for hydroxylation is 1. The number of aromatic nitrogens is 2. The van der Waals surface area contributed by atoms with Gasteiger partial charge in [-0.3, -0.25) is 9.97 Å². The van der Waals surface area contributed by atoms with E-state index in [0.717, 1.165) is 5.69 Å². The molecule has 0 aromatic carbocycles. The molecule has 0 fully saturated rings. The highest BCUT2D eigenvalue weighted by Gasteiger charge is 2.02. The topological polar surface area (TPSA) is 46.0 Å². The van der Waals surface area contributed by atoms with Crippen molar-refractivity contribution in [2.75, 3.05) is 0 Å². The van der Waals surface area contributed by atoms with Gasteiger partial charge in [-0.25, -0.2) is 0 Å². The Morgan fingerprint density at radius 3 is 2.73 bits per heavy atom. The molecule has 0 bridgehead atoms. The molecule has 0 saturated carbocycles. The Labute approximate surface area is 65.4 Å². The van der Waals surface area contributed by atoms with Crippen LogP contribution in [-0.2, 0) is 0 Å². The summed E-state index contributed by atoms with van der Waals surface area (Å²) < 4.78 is 0. The first-order chi connectivity index (χ1) is 5.24. The van der Waals surface area contributed by atoms with Crippen molar-refractivity contribution in [2.45, 2.75) is 13.0 Å². The maximum atomic E-state index is 9.20. The van der Waals surface area contributed by atoms with Crippen molar-refractivity contribution in [3.63, 3.8) is 0 Å². The maximum absolute atomic E-state index is 9.20. The largest absolute Gasteiger partial charge is 0.383 e. The minimum atomic E-state index is -0.705. The lowest BCUT2D eigenvalue weighted by Crippen LogP contribution is -1.97. The van der Waals surface area contributed by atoms with Gasteiger partial charge in [-0.05, 0) is 6.92 Å². The molecule has 0 aliphatic rings. The number of aliphatic hydroxyl groups excluding tert-OH is 1. The Bertz CT molecular complexity index is 243. The van der Waals surface area contributed by atoms with Crippen molar-refractivity contribution < 1.29 is 5.11 Å². The van der Waals surface area contributed by atoms with Crippen LogP contribution in [0.3, 0.4) is 0 Å². The number of hydrogen-bond acceptors (Lipinski definition) is 3. The number of aliphatic hydroxyl groups is 1. The average Bonchev–Trinajstić information content (AvgIpc) is 2.05. The monoisotopic (exact) mass is 150 g/mol. The van der Waals surface area contributed by atoms with Gasteiger partial charge in [-0.2, -0.15) is 0 Å². The Morgan fingerprint density at radius 2 is 2.27 bits per heavy atom. The predicted octanol–water partition coefficient (Wildman–Crippen LogP) is 1.00. The first-order valence-corrected chi connectivity index (χ1v) is 3.33. The van der Waals surface area contributed by atoms with Crippen molar-refractivity contribution in [3.8, 4) is 0 Å². The lowest BCUT2D eigenvalue weighted by Gasteiger charge is -2.02. The quantitative estimate of drug-likeness (QED) is 0.640. The fourth-order valence-corrected chi connectivity index (χ4v) is 0.676. The summed E-state index contributed by atoms with van der Waals surface area (Å²) in [4.78, 5) is 7.94. The molecule has 0 aliphatic carbocycles. The van der Waals surface area contributed by atoms with Gasteiger partial charge in [-0.15, -0.1) is 6.58 Å². The molecule has 0 amide bonds. The summed E-state index contributed by atoms with van der Waals surface area (Å²) >= 11 is 0. The molecule has 0 radical (unpaired) electrons. The van der Waals surface area contributed by atoms with E-state index in [0.29, 0.717) is 5.69 Å². The minimum Gasteiger partial charge on any atom is -0.383 e. The smallest absolute Gasteiger partial charge is 0.115 e. The van der Waals surface area contributed by atoms with E-state index >= 15 is 0 Å². The summed E-state index contributed by atoms with van der Waals surface area (Å²) in [5, 5.41) is 9.20. The first-order valence-electron chi connectivity index (χ1n) is 3.33. The molecule has 3 nitrogen and oxygen atoms in total. The van der Waals surface area contributed by atoms with E-state index in [9.17, 15) is 5.11 Å². The van der Waals surface area contributed by atoms with Crippen LogP contribution >= 0.6 is 0 Å². The number of nitrogens with zero attached hydrogens (tertiary/aromatic N) is 2. The molecule has 3 heteroatoms. The molecule has 1 unspecified atom stereocenters. The van der Waals surface area contributed by atoms with Crippen LogP contribution in [0.5, 0.6) is 0 Å². The summed E-state index contributed by atoms with van der Waals surface area (Å²) in [5.41, 5.74) is 1.37. The van der Waals surface area contributed by atoms with Crippen LogP contribution in [-0.4, -0.2) is 15.1 Å². The van der Waals surface area contributed by atoms with Crippen LogP contribution in [0.2, 0.25) is 0 Å². The van der Waals surface area contributed by atoms with Gasteiger partial charge >= 0.3 is 0 Å². The van der Waals surface area contributed by atoms with Gasteiger partial charge in [0.1, 0.15) is 6.10 Å². The molecule has 1 aromatic heterocycles. The molecular weight excluding hydrogens is 140 g/mol. The van der Waals surface area contributed by atoms with Crippen molar-refractivity contribution in [2.24, 2.45) is 0 Å². The van der Waals surface area contributed by atoms with Gasteiger partial charge in [-0.1, -0.05) is 6.08 Å². The van der Waals surface area contributed by atoms with Crippen LogP contribution in [0.15, 0.2) is 25.0 Å². The molecule has 11 heavy (non-hydrogen) atoms. The fourth-order valence-electron chi connectivity index (χ4n) is 0.676. The summed E-state index contributed by atoms with van der Waals surface area (Å²) in [6.45, 7) is 5.29. The van der Waals surface area contributed by atoms with E-state index in [-0.39, 0.29) is 0 Å². The van der Waals surface area contributed by atoms with Crippen molar-refractivity contribution in [1.29, 1.82) is 0 Å². The summed E-state index contributed by atoms with van der Waals surface area (Å²) in [6, 6.07) is 0. The summed E-state index contributed by atoms with van der Waals surface area (Å²) in [5.74, 6) is 0. The Balaban J connectivity index is 2.89. The summed E-state index contributed by atoms with van der Waals surface area (Å²) in [6.07, 6.45) is 3.87. The van der Waals surface area contributed by atoms with Gasteiger partial charge in [0.2, 0.25) is 0 Å². The van der Waals surface area contributed by atoms with E-state index in [4.69, 9.17) is 0 Å². The second kappa shape index (κ2) is 3.25. The maximum Gasteiger partial charge on any atom is 0.115 e. The molecule has 0 saturated heterocycles. The van der Waals surface area contributed by atoms with Gasteiger partial charge in [0.05, 0.1) is 17.6 Å². The lowest BCUT2D eigenvalue weighted by atomic mass is 10.2. The van der Waals surface area contributed by atoms with E-state index in [1.54, 1.807) is 12.4 Å². The third-order valence-electron chi connectivity index (χ3n) is 1.33. The Hall–Kier alpha value is -1.22. The van der Waals surface area contributed by atoms with E-state index in [1.807, 2.05) is 6.92 Å². The second-order valence-corrected chi connectivity index (χ2v) is 2.26. The van der Waals surface area contributed by atoms with Crippen LogP contribution in [0.25, 0.3) is 0 Å². The van der Waals surface area contributed by atoms with Gasteiger partial charge in [0, 0.05) is 6.20 Å². The molecule has 1 N–H and O–H groups in total. The highest BCUT2D eigenvalue weighted by molar-refractivity contribution is 5.07. The predicted molar refractivity (Wildman–Crippen MR) is 41.9 cm³/mol. The fraction of sp³-hybridized carbons (Fsp3) is 0.250. The highest BCUT2D eigenvalue weighted by Crippen LogP contribution is 2.07. The molecule has 0 spiro atoms. The van der Waals surface area contributed by atoms with E-state index < -0.39 is 6.10 Å². The van der Waals surface area contributed by atoms with Crippen molar-refractivity contribution in [1.82, 2.24) is 9.97 Å². The SMILES string of the molecule is C=CC(O)c1cnc(C)cn1. The molecule has 1 rings (SSSR count). The molecular formula is C8H10N2O. The molecule has 58 valence electrons. The Morgan fingerprint density at radius 1 is 1.55 bits per heavy atom. The zero-order chi connectivity index (χ0) is 8.27. The minimum absolute atomic E-state index is 0.533. The molecule has 1 aromatic rings. The number of hydrogen-bond donors (Lipinski definition) is 1. The third-order valence-corrected chi connectivity index (χ3v) is 1.33. The van der Waals surface area contributed by atoms with Crippen LogP contribution in [0, 0.1) is 6.92 Å². The summed E-state index contributed by atoms with van der Waals surface area (Å²) in [7, 11) is 0. The van der Waals surface area contributed by atoms with E-state index in [2.05, 4.69) is 16.5 Å². The van der Waals surface area contributed by atoms with Gasteiger partial charge < -0.3 is 5.11 Å². The molecule has 1 heterocycles. The van der Waals surface area contributed by atoms with Crippen molar-refractivity contribution >= 4 is 0 Å². The zero-order valence-corrected chi connectivity index (χ0v) is 6.36. The third kappa shape index (κ3) is 1.85. The van der Waals surface area contributed by atoms with Crippen LogP contribution in [0.4, 0.5) is 0 Å².